The van der Waals surface area contributed by atoms with Gasteiger partial charge in [0.2, 0.25) is 5.91 Å². The molecule has 1 aromatic carbocycles. The van der Waals surface area contributed by atoms with Gasteiger partial charge >= 0.3 is 0 Å². The molecule has 4 nitrogen and oxygen atoms in total. The van der Waals surface area contributed by atoms with Gasteiger partial charge in [0.05, 0.1) is 6.54 Å². The molecule has 0 aromatic heterocycles. The van der Waals surface area contributed by atoms with Gasteiger partial charge in [-0.3, -0.25) is 9.69 Å². The molecule has 1 N–H and O–H groups in total. The van der Waals surface area contributed by atoms with Crippen molar-refractivity contribution in [1.82, 2.24) is 9.80 Å². The van der Waals surface area contributed by atoms with E-state index in [1.165, 1.54) is 0 Å². The number of likely N-dealkylation sites (N-methyl/N-ethyl adjacent to an activating group) is 2. The largest absolute Gasteiger partial charge is 0.396 e. The van der Waals surface area contributed by atoms with Crippen LogP contribution in [-0.4, -0.2) is 54.1 Å². The average Bonchev–Trinajstić information content (AvgIpc) is 2.44. The second-order valence-electron chi connectivity index (χ2n) is 5.45. The molecule has 4 heteroatoms. The lowest BCUT2D eigenvalue weighted by atomic mass is 10.0. The molecule has 1 amide bonds. The Morgan fingerprint density at radius 3 is 2.30 bits per heavy atom. The predicted molar refractivity (Wildman–Crippen MR) is 81.4 cm³/mol. The molecule has 0 radical (unpaired) electrons. The fraction of sp³-hybridized carbons (Fsp3) is 0.562. The first-order valence-corrected chi connectivity index (χ1v) is 7.09. The number of benzene rings is 1. The Morgan fingerprint density at radius 1 is 1.20 bits per heavy atom. The van der Waals surface area contributed by atoms with E-state index in [0.717, 1.165) is 5.56 Å². The van der Waals surface area contributed by atoms with Gasteiger partial charge in [-0.05, 0) is 32.9 Å². The summed E-state index contributed by atoms with van der Waals surface area (Å²) in [5.74, 6) is 0.0985. The Bertz CT molecular complexity index is 406. The van der Waals surface area contributed by atoms with Crippen LogP contribution in [0.25, 0.3) is 0 Å². The number of nitrogens with zero attached hydrogens (tertiary/aromatic N) is 2. The fourth-order valence-corrected chi connectivity index (χ4v) is 2.16. The second-order valence-corrected chi connectivity index (χ2v) is 5.45. The van der Waals surface area contributed by atoms with E-state index in [1.54, 1.807) is 4.90 Å². The molecule has 1 aromatic rings. The Kier molecular flexibility index (Phi) is 6.68. The van der Waals surface area contributed by atoms with Crippen LogP contribution in [0, 0.1) is 0 Å². The van der Waals surface area contributed by atoms with Crippen LogP contribution in [0.15, 0.2) is 30.3 Å². The predicted octanol–water partition coefficient (Wildman–Crippen LogP) is 1.91. The van der Waals surface area contributed by atoms with Crippen LogP contribution in [-0.2, 0) is 4.79 Å². The SMILES string of the molecule is CC(C)N(C)C(=O)CN(C)C(CCO)c1ccccc1. The highest BCUT2D eigenvalue weighted by Crippen LogP contribution is 2.22. The maximum absolute atomic E-state index is 12.2. The zero-order valence-corrected chi connectivity index (χ0v) is 12.9. The van der Waals surface area contributed by atoms with Crippen molar-refractivity contribution >= 4 is 5.91 Å². The van der Waals surface area contributed by atoms with Crippen LogP contribution in [0.3, 0.4) is 0 Å². The first-order chi connectivity index (χ1) is 9.47. The van der Waals surface area contributed by atoms with Crippen LogP contribution >= 0.6 is 0 Å². The fourth-order valence-electron chi connectivity index (χ4n) is 2.16. The number of rotatable bonds is 7. The lowest BCUT2D eigenvalue weighted by Gasteiger charge is -2.30. The highest BCUT2D eigenvalue weighted by molar-refractivity contribution is 5.78. The highest BCUT2D eigenvalue weighted by atomic mass is 16.3. The van der Waals surface area contributed by atoms with Gasteiger partial charge in [0, 0.05) is 25.7 Å². The van der Waals surface area contributed by atoms with E-state index in [-0.39, 0.29) is 24.6 Å². The molecule has 0 aliphatic carbocycles. The van der Waals surface area contributed by atoms with Gasteiger partial charge in [0.25, 0.3) is 0 Å². The van der Waals surface area contributed by atoms with Gasteiger partial charge < -0.3 is 10.0 Å². The average molecular weight is 278 g/mol. The van der Waals surface area contributed by atoms with E-state index in [4.69, 9.17) is 0 Å². The van der Waals surface area contributed by atoms with Crippen LogP contribution in [0.2, 0.25) is 0 Å². The molecule has 0 fully saturated rings. The van der Waals surface area contributed by atoms with Crippen molar-refractivity contribution in [2.45, 2.75) is 32.4 Å². The maximum atomic E-state index is 12.2. The third-order valence-corrected chi connectivity index (χ3v) is 3.67. The van der Waals surface area contributed by atoms with Crippen LogP contribution < -0.4 is 0 Å². The third-order valence-electron chi connectivity index (χ3n) is 3.67. The van der Waals surface area contributed by atoms with Gasteiger partial charge in [-0.25, -0.2) is 0 Å². The molecule has 1 atom stereocenters. The van der Waals surface area contributed by atoms with Crippen molar-refractivity contribution in [3.05, 3.63) is 35.9 Å². The summed E-state index contributed by atoms with van der Waals surface area (Å²) >= 11 is 0. The number of carbonyl (C=O) groups excluding carboxylic acids is 1. The van der Waals surface area contributed by atoms with E-state index < -0.39 is 0 Å². The second kappa shape index (κ2) is 8.02. The summed E-state index contributed by atoms with van der Waals surface area (Å²) in [6.07, 6.45) is 0.624. The molecule has 0 aliphatic rings. The van der Waals surface area contributed by atoms with Crippen LogP contribution in [0.1, 0.15) is 31.9 Å². The first kappa shape index (κ1) is 16.7. The highest BCUT2D eigenvalue weighted by Gasteiger charge is 2.21. The Balaban J connectivity index is 2.75. The molecule has 20 heavy (non-hydrogen) atoms. The molecular weight excluding hydrogens is 252 g/mol. The number of aliphatic hydroxyl groups excluding tert-OH is 1. The number of hydrogen-bond acceptors (Lipinski definition) is 3. The summed E-state index contributed by atoms with van der Waals surface area (Å²) in [6, 6.07) is 10.3. The monoisotopic (exact) mass is 278 g/mol. The molecule has 0 spiro atoms. The molecule has 112 valence electrons. The van der Waals surface area contributed by atoms with Gasteiger partial charge in [-0.15, -0.1) is 0 Å². The Labute approximate surface area is 122 Å². The van der Waals surface area contributed by atoms with Crippen molar-refractivity contribution in [2.24, 2.45) is 0 Å². The minimum absolute atomic E-state index is 0.0608. The number of amides is 1. The molecular formula is C16H26N2O2. The zero-order valence-electron chi connectivity index (χ0n) is 12.9. The summed E-state index contributed by atoms with van der Waals surface area (Å²) in [5, 5.41) is 9.26. The van der Waals surface area contributed by atoms with Crippen molar-refractivity contribution < 1.29 is 9.90 Å². The molecule has 0 saturated heterocycles. The Morgan fingerprint density at radius 2 is 1.80 bits per heavy atom. The van der Waals surface area contributed by atoms with E-state index in [2.05, 4.69) is 0 Å². The summed E-state index contributed by atoms with van der Waals surface area (Å²) in [5.41, 5.74) is 1.13. The maximum Gasteiger partial charge on any atom is 0.236 e. The van der Waals surface area contributed by atoms with E-state index in [0.29, 0.717) is 13.0 Å². The van der Waals surface area contributed by atoms with Crippen molar-refractivity contribution in [2.75, 3.05) is 27.2 Å². The summed E-state index contributed by atoms with van der Waals surface area (Å²) < 4.78 is 0. The quantitative estimate of drug-likeness (QED) is 0.828. The molecule has 0 bridgehead atoms. The number of carbonyl (C=O) groups is 1. The molecule has 0 heterocycles. The van der Waals surface area contributed by atoms with E-state index in [1.807, 2.05) is 63.2 Å². The van der Waals surface area contributed by atoms with E-state index >= 15 is 0 Å². The summed E-state index contributed by atoms with van der Waals surface area (Å²) in [7, 11) is 3.75. The third kappa shape index (κ3) is 4.62. The Hall–Kier alpha value is -1.39. The van der Waals surface area contributed by atoms with Crippen molar-refractivity contribution in [3.8, 4) is 0 Å². The summed E-state index contributed by atoms with van der Waals surface area (Å²) in [6.45, 7) is 4.47. The van der Waals surface area contributed by atoms with Gasteiger partial charge in [-0.1, -0.05) is 30.3 Å². The van der Waals surface area contributed by atoms with Crippen LogP contribution in [0.5, 0.6) is 0 Å². The molecule has 1 rings (SSSR count). The standard InChI is InChI=1S/C16H26N2O2/c1-13(2)18(4)16(20)12-17(3)15(10-11-19)14-8-6-5-7-9-14/h5-9,13,15,19H,10-12H2,1-4H3. The zero-order chi connectivity index (χ0) is 15.1. The van der Waals surface area contributed by atoms with Crippen LogP contribution in [0.4, 0.5) is 0 Å². The van der Waals surface area contributed by atoms with Gasteiger partial charge in [0.1, 0.15) is 0 Å². The topological polar surface area (TPSA) is 43.8 Å². The van der Waals surface area contributed by atoms with Gasteiger partial charge in [-0.2, -0.15) is 0 Å². The van der Waals surface area contributed by atoms with E-state index in [9.17, 15) is 9.90 Å². The molecule has 0 aliphatic heterocycles. The molecule has 0 saturated carbocycles. The number of hydrogen-bond donors (Lipinski definition) is 1. The normalized spacial score (nSPS) is 12.8. The smallest absolute Gasteiger partial charge is 0.236 e. The lowest BCUT2D eigenvalue weighted by Crippen LogP contribution is -2.41. The van der Waals surface area contributed by atoms with Gasteiger partial charge in [0.15, 0.2) is 0 Å². The van der Waals surface area contributed by atoms with Crippen molar-refractivity contribution in [3.63, 3.8) is 0 Å². The first-order valence-electron chi connectivity index (χ1n) is 7.09. The lowest BCUT2D eigenvalue weighted by molar-refractivity contribution is -0.132. The summed E-state index contributed by atoms with van der Waals surface area (Å²) in [4.78, 5) is 15.9. The van der Waals surface area contributed by atoms with Crippen molar-refractivity contribution in [1.29, 1.82) is 0 Å². The number of aliphatic hydroxyl groups is 1. The minimum Gasteiger partial charge on any atom is -0.396 e. The molecule has 1 unspecified atom stereocenters. The minimum atomic E-state index is 0.0608.